The van der Waals surface area contributed by atoms with Gasteiger partial charge < -0.3 is 14.8 Å². The molecule has 3 aromatic rings. The molecule has 148 valence electrons. The summed E-state index contributed by atoms with van der Waals surface area (Å²) in [4.78, 5) is 12.9. The number of methoxy groups -OCH3 is 1. The van der Waals surface area contributed by atoms with E-state index in [-0.39, 0.29) is 11.9 Å². The monoisotopic (exact) mass is 387 g/mol. The number of rotatable bonds is 6. The third kappa shape index (κ3) is 4.43. The molecule has 1 aliphatic carbocycles. The molecule has 4 nitrogen and oxygen atoms in total. The van der Waals surface area contributed by atoms with E-state index < -0.39 is 0 Å². The fourth-order valence-electron chi connectivity index (χ4n) is 3.81. The number of benzene rings is 3. The molecule has 1 atom stereocenters. The van der Waals surface area contributed by atoms with Crippen molar-refractivity contribution < 1.29 is 14.3 Å². The third-order valence-corrected chi connectivity index (χ3v) is 5.34. The Morgan fingerprint density at radius 3 is 2.62 bits per heavy atom. The number of nitrogens with one attached hydrogen (secondary N) is 1. The predicted octanol–water partition coefficient (Wildman–Crippen LogP) is 5.08. The second-order valence-electron chi connectivity index (χ2n) is 7.26. The van der Waals surface area contributed by atoms with Gasteiger partial charge in [-0.2, -0.15) is 0 Å². The van der Waals surface area contributed by atoms with Crippen LogP contribution in [0, 0.1) is 0 Å². The molecule has 0 fully saturated rings. The molecule has 4 rings (SSSR count). The minimum absolute atomic E-state index is 0.0486. The molecule has 4 heteroatoms. The average molecular weight is 387 g/mol. The van der Waals surface area contributed by atoms with E-state index in [0.717, 1.165) is 24.8 Å². The Morgan fingerprint density at radius 1 is 1.00 bits per heavy atom. The molecule has 0 spiro atoms. The topological polar surface area (TPSA) is 47.6 Å². The Balaban J connectivity index is 1.47. The molecule has 1 amide bonds. The molecule has 0 aromatic heterocycles. The van der Waals surface area contributed by atoms with Crippen LogP contribution < -0.4 is 14.8 Å². The summed E-state index contributed by atoms with van der Waals surface area (Å²) in [6.07, 6.45) is 3.11. The van der Waals surface area contributed by atoms with Crippen molar-refractivity contribution in [3.8, 4) is 11.5 Å². The molecule has 1 N–H and O–H groups in total. The van der Waals surface area contributed by atoms with Crippen LogP contribution in [0.2, 0.25) is 0 Å². The van der Waals surface area contributed by atoms with Gasteiger partial charge in [-0.15, -0.1) is 0 Å². The highest BCUT2D eigenvalue weighted by Crippen LogP contribution is 2.31. The average Bonchev–Trinajstić information content (AvgIpc) is 2.78. The summed E-state index contributed by atoms with van der Waals surface area (Å²) in [6.45, 7) is 0.446. The highest BCUT2D eigenvalue weighted by molar-refractivity contribution is 5.95. The maximum absolute atomic E-state index is 12.9. The largest absolute Gasteiger partial charge is 0.493 e. The number of ether oxygens (including phenoxy) is 2. The van der Waals surface area contributed by atoms with Gasteiger partial charge in [-0.3, -0.25) is 4.79 Å². The molecule has 0 bridgehead atoms. The van der Waals surface area contributed by atoms with Gasteiger partial charge in [-0.05, 0) is 54.2 Å². The van der Waals surface area contributed by atoms with Gasteiger partial charge >= 0.3 is 0 Å². The number of amides is 1. The van der Waals surface area contributed by atoms with E-state index in [1.807, 2.05) is 36.4 Å². The zero-order chi connectivity index (χ0) is 20.1. The van der Waals surface area contributed by atoms with Gasteiger partial charge in [0.05, 0.1) is 13.2 Å². The van der Waals surface area contributed by atoms with Crippen molar-refractivity contribution in [3.05, 3.63) is 95.1 Å². The standard InChI is InChI=1S/C25H25NO3/c1-28-24-16-20(14-15-23(24)29-17-18-8-3-2-4-9-18)25(27)26-22-13-7-11-19-10-5-6-12-21(19)22/h2-6,8-10,12,14-16,22H,7,11,13,17H2,1H3,(H,26,27)/t22-/m0/s1. The van der Waals surface area contributed by atoms with Crippen LogP contribution in [0.25, 0.3) is 0 Å². The lowest BCUT2D eigenvalue weighted by atomic mass is 9.87. The predicted molar refractivity (Wildman–Crippen MR) is 113 cm³/mol. The molecule has 3 aromatic carbocycles. The van der Waals surface area contributed by atoms with Gasteiger partial charge in [0.2, 0.25) is 0 Å². The van der Waals surface area contributed by atoms with E-state index in [2.05, 4.69) is 23.5 Å². The number of hydrogen-bond acceptors (Lipinski definition) is 3. The fourth-order valence-corrected chi connectivity index (χ4v) is 3.81. The summed E-state index contributed by atoms with van der Waals surface area (Å²) in [6, 6.07) is 23.7. The fraction of sp³-hybridized carbons (Fsp3) is 0.240. The van der Waals surface area contributed by atoms with Crippen molar-refractivity contribution in [2.24, 2.45) is 0 Å². The number of fused-ring (bicyclic) bond motifs is 1. The van der Waals surface area contributed by atoms with E-state index in [9.17, 15) is 4.79 Å². The Labute approximate surface area is 171 Å². The zero-order valence-electron chi connectivity index (χ0n) is 16.6. The van der Waals surface area contributed by atoms with Crippen LogP contribution >= 0.6 is 0 Å². The minimum Gasteiger partial charge on any atom is -0.493 e. The normalized spacial score (nSPS) is 15.3. The molecule has 29 heavy (non-hydrogen) atoms. The van der Waals surface area contributed by atoms with Crippen molar-refractivity contribution >= 4 is 5.91 Å². The molecule has 0 radical (unpaired) electrons. The van der Waals surface area contributed by atoms with Crippen LogP contribution in [-0.4, -0.2) is 13.0 Å². The van der Waals surface area contributed by atoms with Crippen LogP contribution in [0.3, 0.4) is 0 Å². The first-order valence-corrected chi connectivity index (χ1v) is 9.98. The van der Waals surface area contributed by atoms with Crippen LogP contribution in [0.15, 0.2) is 72.8 Å². The summed E-state index contributed by atoms with van der Waals surface area (Å²) in [5.74, 6) is 1.08. The van der Waals surface area contributed by atoms with Gasteiger partial charge in [0.25, 0.3) is 5.91 Å². The quantitative estimate of drug-likeness (QED) is 0.641. The maximum atomic E-state index is 12.9. The first-order chi connectivity index (χ1) is 14.2. The van der Waals surface area contributed by atoms with Crippen LogP contribution in [0.5, 0.6) is 11.5 Å². The Hall–Kier alpha value is -3.27. The van der Waals surface area contributed by atoms with Crippen molar-refractivity contribution in [1.29, 1.82) is 0 Å². The van der Waals surface area contributed by atoms with Gasteiger partial charge in [0, 0.05) is 5.56 Å². The molecular formula is C25H25NO3. The Morgan fingerprint density at radius 2 is 1.79 bits per heavy atom. The van der Waals surface area contributed by atoms with Crippen molar-refractivity contribution in [3.63, 3.8) is 0 Å². The Bertz CT molecular complexity index is 984. The second kappa shape index (κ2) is 8.82. The summed E-state index contributed by atoms with van der Waals surface area (Å²) < 4.78 is 11.4. The number of hydrogen-bond donors (Lipinski definition) is 1. The van der Waals surface area contributed by atoms with E-state index in [4.69, 9.17) is 9.47 Å². The summed E-state index contributed by atoms with van der Waals surface area (Å²) >= 11 is 0. The number of carbonyl (C=O) groups is 1. The molecule has 0 saturated carbocycles. The lowest BCUT2D eigenvalue weighted by Crippen LogP contribution is -2.31. The first kappa shape index (κ1) is 19.1. The number of carbonyl (C=O) groups excluding carboxylic acids is 1. The van der Waals surface area contributed by atoms with E-state index in [0.29, 0.717) is 23.7 Å². The van der Waals surface area contributed by atoms with E-state index in [1.54, 1.807) is 25.3 Å². The smallest absolute Gasteiger partial charge is 0.251 e. The SMILES string of the molecule is COc1cc(C(=O)N[C@H]2CCCc3ccccc32)ccc1OCc1ccccc1. The van der Waals surface area contributed by atoms with Crippen LogP contribution in [0.1, 0.15) is 45.9 Å². The second-order valence-corrected chi connectivity index (χ2v) is 7.26. The lowest BCUT2D eigenvalue weighted by Gasteiger charge is -2.26. The molecular weight excluding hydrogens is 362 g/mol. The molecule has 0 saturated heterocycles. The van der Waals surface area contributed by atoms with Crippen LogP contribution in [0.4, 0.5) is 0 Å². The van der Waals surface area contributed by atoms with Crippen LogP contribution in [-0.2, 0) is 13.0 Å². The van der Waals surface area contributed by atoms with Crippen molar-refractivity contribution in [2.45, 2.75) is 31.9 Å². The van der Waals surface area contributed by atoms with Gasteiger partial charge in [0.1, 0.15) is 6.61 Å². The summed E-state index contributed by atoms with van der Waals surface area (Å²) in [5.41, 5.74) is 4.19. The number of aryl methyl sites for hydroxylation is 1. The lowest BCUT2D eigenvalue weighted by molar-refractivity contribution is 0.0932. The van der Waals surface area contributed by atoms with Gasteiger partial charge in [-0.1, -0.05) is 54.6 Å². The molecule has 0 unspecified atom stereocenters. The maximum Gasteiger partial charge on any atom is 0.251 e. The molecule has 0 heterocycles. The molecule has 0 aliphatic heterocycles. The highest BCUT2D eigenvalue weighted by atomic mass is 16.5. The zero-order valence-corrected chi connectivity index (χ0v) is 16.6. The van der Waals surface area contributed by atoms with Gasteiger partial charge in [-0.25, -0.2) is 0 Å². The highest BCUT2D eigenvalue weighted by Gasteiger charge is 2.22. The van der Waals surface area contributed by atoms with E-state index >= 15 is 0 Å². The van der Waals surface area contributed by atoms with Crippen molar-refractivity contribution in [2.75, 3.05) is 7.11 Å². The first-order valence-electron chi connectivity index (χ1n) is 9.98. The summed E-state index contributed by atoms with van der Waals surface area (Å²) in [5, 5.41) is 3.18. The third-order valence-electron chi connectivity index (χ3n) is 5.34. The van der Waals surface area contributed by atoms with Gasteiger partial charge in [0.15, 0.2) is 11.5 Å². The molecule has 1 aliphatic rings. The minimum atomic E-state index is -0.0976. The van der Waals surface area contributed by atoms with Crippen molar-refractivity contribution in [1.82, 2.24) is 5.32 Å². The Kier molecular flexibility index (Phi) is 5.80. The van der Waals surface area contributed by atoms with E-state index in [1.165, 1.54) is 11.1 Å². The summed E-state index contributed by atoms with van der Waals surface area (Å²) in [7, 11) is 1.59.